The van der Waals surface area contributed by atoms with Gasteiger partial charge in [-0.1, -0.05) is 101 Å². The van der Waals surface area contributed by atoms with Gasteiger partial charge in [0.2, 0.25) is 17.7 Å². The van der Waals surface area contributed by atoms with Crippen molar-refractivity contribution in [3.05, 3.63) is 101 Å². The zero-order chi connectivity index (χ0) is 64.6. The number of pyridine rings is 1. The standard InChI is InChI=1S/C67H84FN13O8S2/c1-41-33-55(76-77-60(41)75-65-72-50-21-16-17-22-53(50)91-65)79(54-27-26-48(57(73-54)63(86)87)49-37-71-81(43(49)3)38-44-19-13-12-14-20-44)31-30-78(7)56(83)23-15-10-8-9-11-18-32-89-52-34-45(58-42(2)70-40-90-58)24-25-46(52)36-69-61(84)51-35-47(82)39-80(51)62(85)59(66(4,5)6)74-64(88)67(68)28-29-67/h16-17,21-22,24-27,33-34,37,40,44,47,51,59,82H,8-15,18-20,23,28-32,35-36,38-39H2,1-7H3,(H,69,84)(H,74,88)(H,86,87)(H,72,75,77)/t47-,51+,59-/m1/s1. The lowest BCUT2D eigenvalue weighted by Gasteiger charge is -2.35. The minimum Gasteiger partial charge on any atom is -0.493 e. The quantitative estimate of drug-likeness (QED) is 0.0286. The number of likely N-dealkylation sites (tertiary alicyclic amines) is 1. The number of β-amino-alcohol motifs (C(OH)–C–C–N with tert-alkyl or cyclic N) is 1. The predicted octanol–water partition coefficient (Wildman–Crippen LogP) is 11.4. The number of aryl methyl sites for hydroxylation is 2. The number of anilines is 4. The van der Waals surface area contributed by atoms with Gasteiger partial charge in [-0.25, -0.2) is 24.1 Å². The summed E-state index contributed by atoms with van der Waals surface area (Å²) in [6, 6.07) is 17.0. The van der Waals surface area contributed by atoms with E-state index in [4.69, 9.17) is 19.8 Å². The molecule has 3 aliphatic rings. The van der Waals surface area contributed by atoms with Crippen LogP contribution >= 0.6 is 22.7 Å². The van der Waals surface area contributed by atoms with E-state index in [2.05, 4.69) is 31.1 Å². The molecule has 0 radical (unpaired) electrons. The average molecular weight is 1280 g/mol. The number of carboxylic acid groups (broad SMARTS) is 1. The van der Waals surface area contributed by atoms with Crippen molar-refractivity contribution in [3.63, 3.8) is 0 Å². The summed E-state index contributed by atoms with van der Waals surface area (Å²) >= 11 is 3.03. The number of hydrogen-bond acceptors (Lipinski definition) is 17. The third-order valence-corrected chi connectivity index (χ3v) is 19.6. The molecule has 2 aromatic carbocycles. The number of nitrogens with one attached hydrogen (secondary N) is 3. The van der Waals surface area contributed by atoms with Crippen molar-refractivity contribution in [3.8, 4) is 27.3 Å². The van der Waals surface area contributed by atoms with Gasteiger partial charge in [0, 0.05) is 75.0 Å². The SMILES string of the molecule is Cc1cc(N(CCN(C)C(=O)CCCCCCCCOc2cc(-c3scnc3C)ccc2CNC(=O)[C@@H]2C[C@@H](O)CN2C(=O)[C@@H](NC(=O)C2(F)CC2)C(C)(C)C)c2ccc(-c3cnn(CC4CCCCC4)c3C)c(C(=O)O)n2)nnc1Nc1nc2ccccc2s1. The molecule has 0 unspecified atom stereocenters. The van der Waals surface area contributed by atoms with Crippen LogP contribution in [0.3, 0.4) is 0 Å². The number of aromatic nitrogens is 7. The van der Waals surface area contributed by atoms with Crippen molar-refractivity contribution in [2.24, 2.45) is 11.3 Å². The molecular weight excluding hydrogens is 1200 g/mol. The summed E-state index contributed by atoms with van der Waals surface area (Å²) in [6.07, 6.45) is 12.4. The lowest BCUT2D eigenvalue weighted by Crippen LogP contribution is -2.59. The molecule has 21 nitrogen and oxygen atoms in total. The number of aromatic carboxylic acids is 1. The van der Waals surface area contributed by atoms with Crippen LogP contribution in [0.25, 0.3) is 31.8 Å². The fraction of sp³-hybridized carbons (Fsp3) is 0.507. The Morgan fingerprint density at radius 2 is 1.65 bits per heavy atom. The van der Waals surface area contributed by atoms with Crippen LogP contribution in [-0.4, -0.2) is 142 Å². The van der Waals surface area contributed by atoms with Crippen molar-refractivity contribution in [1.29, 1.82) is 0 Å². The predicted molar refractivity (Wildman–Crippen MR) is 351 cm³/mol. The molecule has 6 heterocycles. The van der Waals surface area contributed by atoms with Crippen molar-refractivity contribution >= 4 is 85.1 Å². The van der Waals surface area contributed by atoms with Gasteiger partial charge in [-0.15, -0.1) is 21.5 Å². The highest BCUT2D eigenvalue weighted by Gasteiger charge is 2.53. The number of benzene rings is 2. The van der Waals surface area contributed by atoms with Gasteiger partial charge in [0.05, 0.1) is 45.2 Å². The number of aliphatic hydroxyl groups excluding tert-OH is 1. The maximum Gasteiger partial charge on any atom is 0.355 e. The van der Waals surface area contributed by atoms with Crippen LogP contribution in [0.5, 0.6) is 5.75 Å². The summed E-state index contributed by atoms with van der Waals surface area (Å²) in [7, 11) is 1.77. The molecule has 10 rings (SSSR count). The summed E-state index contributed by atoms with van der Waals surface area (Å²) in [5.41, 5.74) is 5.14. The maximum absolute atomic E-state index is 14.8. The molecule has 4 amide bonds. The molecule has 91 heavy (non-hydrogen) atoms. The van der Waals surface area contributed by atoms with E-state index in [1.54, 1.807) is 61.5 Å². The van der Waals surface area contributed by atoms with E-state index < -0.39 is 53.0 Å². The summed E-state index contributed by atoms with van der Waals surface area (Å²) in [6.45, 7) is 12.9. The van der Waals surface area contributed by atoms with Crippen LogP contribution < -0.4 is 25.6 Å². The second-order valence-electron chi connectivity index (χ2n) is 25.7. The number of amides is 4. The van der Waals surface area contributed by atoms with Gasteiger partial charge in [-0.2, -0.15) is 5.10 Å². The highest BCUT2D eigenvalue weighted by Crippen LogP contribution is 2.41. The number of hydrogen-bond donors (Lipinski definition) is 5. The summed E-state index contributed by atoms with van der Waals surface area (Å²) in [5, 5.41) is 44.9. The fourth-order valence-electron chi connectivity index (χ4n) is 12.0. The summed E-state index contributed by atoms with van der Waals surface area (Å²) in [5.74, 6) is -0.613. The number of unbranched alkanes of at least 4 members (excludes halogenated alkanes) is 5. The molecule has 1 aliphatic heterocycles. The molecule has 7 aromatic rings. The first-order chi connectivity index (χ1) is 43.6. The van der Waals surface area contributed by atoms with Gasteiger partial charge in [0.25, 0.3) is 5.91 Å². The molecule has 0 bridgehead atoms. The Morgan fingerprint density at radius 3 is 2.36 bits per heavy atom. The molecule has 5 N–H and O–H groups in total. The highest BCUT2D eigenvalue weighted by molar-refractivity contribution is 7.22. The lowest BCUT2D eigenvalue weighted by atomic mass is 9.85. The van der Waals surface area contributed by atoms with E-state index in [9.17, 15) is 38.6 Å². The Bertz CT molecular complexity index is 3710. The first kappa shape index (κ1) is 66.0. The summed E-state index contributed by atoms with van der Waals surface area (Å²) in [4.78, 5) is 87.3. The first-order valence-corrected chi connectivity index (χ1v) is 33.5. The molecule has 0 spiro atoms. The van der Waals surface area contributed by atoms with Crippen molar-refractivity contribution in [2.75, 3.05) is 43.5 Å². The van der Waals surface area contributed by atoms with Crippen molar-refractivity contribution in [1.82, 2.24) is 55.4 Å². The molecule has 2 aliphatic carbocycles. The van der Waals surface area contributed by atoms with Crippen LogP contribution in [0.2, 0.25) is 0 Å². The number of likely N-dealkylation sites (N-methyl/N-ethyl adjacent to an activating group) is 1. The number of halogens is 1. The van der Waals surface area contributed by atoms with Crippen LogP contribution in [0.15, 0.2) is 72.4 Å². The molecule has 5 aromatic heterocycles. The van der Waals surface area contributed by atoms with Gasteiger partial charge in [0.1, 0.15) is 23.7 Å². The second-order valence-corrected chi connectivity index (χ2v) is 27.6. The molecule has 484 valence electrons. The van der Waals surface area contributed by atoms with Gasteiger partial charge >= 0.3 is 5.97 Å². The van der Waals surface area contributed by atoms with Gasteiger partial charge in [-0.05, 0) is 118 Å². The third kappa shape index (κ3) is 16.2. The molecule has 2 saturated carbocycles. The van der Waals surface area contributed by atoms with Crippen LogP contribution in [0.4, 0.5) is 27.0 Å². The molecule has 1 saturated heterocycles. The van der Waals surface area contributed by atoms with E-state index in [0.29, 0.717) is 71.4 Å². The fourth-order valence-corrected chi connectivity index (χ4v) is 13.7. The Morgan fingerprint density at radius 1 is 0.890 bits per heavy atom. The van der Waals surface area contributed by atoms with Crippen LogP contribution in [0, 0.1) is 32.1 Å². The van der Waals surface area contributed by atoms with Crippen LogP contribution in [-0.2, 0) is 32.3 Å². The zero-order valence-corrected chi connectivity index (χ0v) is 54.7. The van der Waals surface area contributed by atoms with Gasteiger partial charge < -0.3 is 45.6 Å². The lowest BCUT2D eigenvalue weighted by molar-refractivity contribution is -0.145. The largest absolute Gasteiger partial charge is 0.493 e. The minimum atomic E-state index is -1.99. The van der Waals surface area contributed by atoms with Crippen molar-refractivity contribution in [2.45, 2.75) is 175 Å². The van der Waals surface area contributed by atoms with E-state index in [1.807, 2.05) is 74.0 Å². The molecular formula is C67H84FN13O8S2. The molecule has 3 atom stereocenters. The number of carbonyl (C=O) groups excluding carboxylic acids is 4. The smallest absolute Gasteiger partial charge is 0.355 e. The number of carbonyl (C=O) groups is 5. The Hall–Kier alpha value is -7.96. The number of nitrogens with zero attached hydrogens (tertiary/aromatic N) is 10. The van der Waals surface area contributed by atoms with E-state index in [-0.39, 0.29) is 50.5 Å². The number of alkyl halides is 1. The van der Waals surface area contributed by atoms with E-state index >= 15 is 0 Å². The number of fused-ring (bicyclic) bond motifs is 1. The maximum atomic E-state index is 14.8. The first-order valence-electron chi connectivity index (χ1n) is 31.8. The number of para-hydroxylation sites is 1. The Kier molecular flexibility index (Phi) is 21.1. The molecule has 24 heteroatoms. The number of thiazole rings is 2. The highest BCUT2D eigenvalue weighted by atomic mass is 32.1. The number of ether oxygens (including phenoxy) is 1. The molecule has 3 fully saturated rings. The Balaban J connectivity index is 0.726. The van der Waals surface area contributed by atoms with E-state index in [1.165, 1.54) is 46.8 Å². The Labute approximate surface area is 538 Å². The van der Waals surface area contributed by atoms with Crippen LogP contribution in [0.1, 0.15) is 150 Å². The number of rotatable bonds is 28. The van der Waals surface area contributed by atoms with Gasteiger partial charge in [-0.3, -0.25) is 23.9 Å². The zero-order valence-electron chi connectivity index (χ0n) is 53.1. The topological polar surface area (TPSA) is 263 Å². The number of aliphatic hydroxyl groups is 1. The third-order valence-electron chi connectivity index (χ3n) is 17.7. The minimum absolute atomic E-state index is 0.0107. The second kappa shape index (κ2) is 29.1. The monoisotopic (exact) mass is 1280 g/mol. The normalized spacial score (nSPS) is 16.8. The van der Waals surface area contributed by atoms with Gasteiger partial charge in [0.15, 0.2) is 28.1 Å². The summed E-state index contributed by atoms with van der Waals surface area (Å²) < 4.78 is 24.2. The van der Waals surface area contributed by atoms with Crippen molar-refractivity contribution < 1.29 is 43.3 Å². The average Bonchev–Trinajstić information content (AvgIpc) is 1.86. The van der Waals surface area contributed by atoms with E-state index in [0.717, 1.165) is 94.7 Å². The number of carboxylic acids is 1.